The molecular weight excluding hydrogens is 439 g/mol. The van der Waals surface area contributed by atoms with E-state index >= 15 is 0 Å². The van der Waals surface area contributed by atoms with Crippen molar-refractivity contribution in [1.29, 1.82) is 0 Å². The van der Waals surface area contributed by atoms with E-state index in [1.807, 2.05) is 31.2 Å². The second-order valence-electron chi connectivity index (χ2n) is 7.08. The van der Waals surface area contributed by atoms with E-state index in [-0.39, 0.29) is 18.2 Å². The second kappa shape index (κ2) is 8.61. The topological polar surface area (TPSA) is 85.2 Å². The summed E-state index contributed by atoms with van der Waals surface area (Å²) < 4.78 is 6.92. The molecule has 0 spiro atoms. The van der Waals surface area contributed by atoms with Gasteiger partial charge in [-0.2, -0.15) is 5.10 Å². The number of benzene rings is 2. The predicted octanol–water partition coefficient (Wildman–Crippen LogP) is 4.95. The number of hydrogen-bond acceptors (Lipinski definition) is 4. The highest BCUT2D eigenvalue weighted by atomic mass is 35.5. The molecule has 160 valence electrons. The molecule has 7 nitrogen and oxygen atoms in total. The van der Waals surface area contributed by atoms with Crippen LogP contribution in [-0.4, -0.2) is 28.7 Å². The SMILES string of the molecule is CCc1nn2c(c1-c1cccc(OC)c1)NC(=O)C2CC(=O)Nc1cc(Cl)ccc1Cl. The van der Waals surface area contributed by atoms with Crippen LogP contribution in [0.2, 0.25) is 10.0 Å². The molecule has 1 aromatic heterocycles. The largest absolute Gasteiger partial charge is 0.497 e. The van der Waals surface area contributed by atoms with E-state index in [9.17, 15) is 9.59 Å². The Bertz CT molecular complexity index is 1180. The maximum absolute atomic E-state index is 12.7. The smallest absolute Gasteiger partial charge is 0.251 e. The van der Waals surface area contributed by atoms with Gasteiger partial charge in [-0.25, -0.2) is 4.68 Å². The van der Waals surface area contributed by atoms with Gasteiger partial charge in [0.1, 0.15) is 17.6 Å². The van der Waals surface area contributed by atoms with Gasteiger partial charge in [-0.1, -0.05) is 42.3 Å². The number of carbonyl (C=O) groups is 2. The van der Waals surface area contributed by atoms with E-state index in [1.165, 1.54) is 0 Å². The van der Waals surface area contributed by atoms with Gasteiger partial charge in [0.15, 0.2) is 0 Å². The first kappa shape index (κ1) is 21.2. The Hall–Kier alpha value is -3.03. The van der Waals surface area contributed by atoms with E-state index in [4.69, 9.17) is 27.9 Å². The second-order valence-corrected chi connectivity index (χ2v) is 7.93. The van der Waals surface area contributed by atoms with Crippen molar-refractivity contribution in [1.82, 2.24) is 9.78 Å². The van der Waals surface area contributed by atoms with E-state index < -0.39 is 6.04 Å². The molecule has 31 heavy (non-hydrogen) atoms. The van der Waals surface area contributed by atoms with Gasteiger partial charge in [-0.15, -0.1) is 0 Å². The van der Waals surface area contributed by atoms with E-state index in [2.05, 4.69) is 15.7 Å². The minimum atomic E-state index is -0.766. The maximum Gasteiger partial charge on any atom is 0.251 e. The third-order valence-corrected chi connectivity index (χ3v) is 5.66. The molecule has 4 rings (SSSR count). The van der Waals surface area contributed by atoms with E-state index in [1.54, 1.807) is 30.0 Å². The molecule has 1 unspecified atom stereocenters. The molecule has 1 aliphatic rings. The van der Waals surface area contributed by atoms with Crippen molar-refractivity contribution in [2.45, 2.75) is 25.8 Å². The monoisotopic (exact) mass is 458 g/mol. The quantitative estimate of drug-likeness (QED) is 0.546. The van der Waals surface area contributed by atoms with E-state index in [0.29, 0.717) is 33.7 Å². The average Bonchev–Trinajstić information content (AvgIpc) is 3.26. The zero-order chi connectivity index (χ0) is 22.1. The molecule has 0 saturated carbocycles. The molecule has 2 heterocycles. The van der Waals surface area contributed by atoms with Crippen molar-refractivity contribution in [3.63, 3.8) is 0 Å². The van der Waals surface area contributed by atoms with Gasteiger partial charge >= 0.3 is 0 Å². The summed E-state index contributed by atoms with van der Waals surface area (Å²) in [6.07, 6.45) is 0.573. The molecule has 3 aromatic rings. The molecule has 2 N–H and O–H groups in total. The number of ether oxygens (including phenoxy) is 1. The standard InChI is InChI=1S/C22H20Cl2N4O3/c1-3-16-20(12-5-4-6-14(9-12)31-2)21-26-22(30)18(28(21)27-16)11-19(29)25-17-10-13(23)7-8-15(17)24/h4-10,18H,3,11H2,1-2H3,(H,25,29)(H,26,30). The molecule has 0 aliphatic carbocycles. The molecule has 0 saturated heterocycles. The van der Waals surface area contributed by atoms with Gasteiger partial charge in [-0.05, 0) is 42.3 Å². The minimum absolute atomic E-state index is 0.0932. The molecular formula is C22H20Cl2N4O3. The fraction of sp³-hybridized carbons (Fsp3) is 0.227. The summed E-state index contributed by atoms with van der Waals surface area (Å²) in [7, 11) is 1.60. The van der Waals surface area contributed by atoms with Gasteiger partial charge in [0.05, 0.1) is 29.9 Å². The lowest BCUT2D eigenvalue weighted by molar-refractivity contribution is -0.123. The van der Waals surface area contributed by atoms with Crippen LogP contribution in [0.1, 0.15) is 25.1 Å². The Kier molecular flexibility index (Phi) is 5.89. The molecule has 0 fully saturated rings. The number of rotatable bonds is 6. The highest BCUT2D eigenvalue weighted by Crippen LogP contribution is 2.39. The summed E-state index contributed by atoms with van der Waals surface area (Å²) in [6, 6.07) is 11.6. The Morgan fingerprint density at radius 3 is 2.81 bits per heavy atom. The van der Waals surface area contributed by atoms with Crippen LogP contribution in [0.25, 0.3) is 11.1 Å². The van der Waals surface area contributed by atoms with Crippen molar-refractivity contribution < 1.29 is 14.3 Å². The third kappa shape index (κ3) is 4.11. The van der Waals surface area contributed by atoms with Gasteiger partial charge in [0, 0.05) is 10.6 Å². The molecule has 1 aliphatic heterocycles. The van der Waals surface area contributed by atoms with Gasteiger partial charge in [0.2, 0.25) is 5.91 Å². The zero-order valence-electron chi connectivity index (χ0n) is 16.9. The van der Waals surface area contributed by atoms with Gasteiger partial charge in [0.25, 0.3) is 5.91 Å². The number of aromatic nitrogens is 2. The average molecular weight is 459 g/mol. The zero-order valence-corrected chi connectivity index (χ0v) is 18.4. The van der Waals surface area contributed by atoms with Crippen LogP contribution in [0.4, 0.5) is 11.5 Å². The number of methoxy groups -OCH3 is 1. The highest BCUT2D eigenvalue weighted by molar-refractivity contribution is 6.35. The van der Waals surface area contributed by atoms with Crippen LogP contribution >= 0.6 is 23.2 Å². The summed E-state index contributed by atoms with van der Waals surface area (Å²) in [5, 5.41) is 11.0. The van der Waals surface area contributed by atoms with Crippen LogP contribution in [0.3, 0.4) is 0 Å². The Morgan fingerprint density at radius 1 is 1.26 bits per heavy atom. The molecule has 0 radical (unpaired) electrons. The van der Waals surface area contributed by atoms with Crippen molar-refractivity contribution in [2.24, 2.45) is 0 Å². The molecule has 2 aromatic carbocycles. The van der Waals surface area contributed by atoms with Crippen LogP contribution in [0, 0.1) is 0 Å². The van der Waals surface area contributed by atoms with Crippen LogP contribution in [0.15, 0.2) is 42.5 Å². The number of nitrogens with zero attached hydrogens (tertiary/aromatic N) is 2. The molecule has 0 bridgehead atoms. The van der Waals surface area contributed by atoms with Crippen LogP contribution in [-0.2, 0) is 16.0 Å². The molecule has 1 atom stereocenters. The number of nitrogens with one attached hydrogen (secondary N) is 2. The number of amides is 2. The summed E-state index contributed by atoms with van der Waals surface area (Å²) >= 11 is 12.1. The lowest BCUT2D eigenvalue weighted by atomic mass is 10.0. The van der Waals surface area contributed by atoms with Crippen molar-refractivity contribution in [2.75, 3.05) is 17.7 Å². The molecule has 2 amide bonds. The number of halogens is 2. The van der Waals surface area contributed by atoms with Gasteiger partial charge in [-0.3, -0.25) is 9.59 Å². The number of hydrogen-bond donors (Lipinski definition) is 2. The van der Waals surface area contributed by atoms with Crippen molar-refractivity contribution >= 4 is 46.5 Å². The first-order valence-corrected chi connectivity index (χ1v) is 10.5. The number of anilines is 2. The highest BCUT2D eigenvalue weighted by Gasteiger charge is 2.36. The van der Waals surface area contributed by atoms with Crippen LogP contribution in [0.5, 0.6) is 5.75 Å². The van der Waals surface area contributed by atoms with Gasteiger partial charge < -0.3 is 15.4 Å². The number of fused-ring (bicyclic) bond motifs is 1. The number of aryl methyl sites for hydroxylation is 1. The maximum atomic E-state index is 12.7. The Labute approximate surface area is 189 Å². The summed E-state index contributed by atoms with van der Waals surface area (Å²) in [4.78, 5) is 25.3. The normalized spacial score (nSPS) is 14.8. The Morgan fingerprint density at radius 2 is 2.06 bits per heavy atom. The summed E-state index contributed by atoms with van der Waals surface area (Å²) in [6.45, 7) is 1.99. The number of carbonyl (C=O) groups excluding carboxylic acids is 2. The fourth-order valence-corrected chi connectivity index (χ4v) is 3.95. The van der Waals surface area contributed by atoms with Crippen molar-refractivity contribution in [3.8, 4) is 16.9 Å². The van der Waals surface area contributed by atoms with E-state index in [0.717, 1.165) is 16.8 Å². The summed E-state index contributed by atoms with van der Waals surface area (Å²) in [5.74, 6) is 0.627. The fourth-order valence-electron chi connectivity index (χ4n) is 3.62. The summed E-state index contributed by atoms with van der Waals surface area (Å²) in [5.41, 5.74) is 2.93. The van der Waals surface area contributed by atoms with Crippen LogP contribution < -0.4 is 15.4 Å². The lowest BCUT2D eigenvalue weighted by Gasteiger charge is -2.11. The molecule has 9 heteroatoms. The third-order valence-electron chi connectivity index (χ3n) is 5.10. The van der Waals surface area contributed by atoms with Crippen molar-refractivity contribution in [3.05, 3.63) is 58.2 Å². The predicted molar refractivity (Wildman–Crippen MR) is 121 cm³/mol. The Balaban J connectivity index is 1.63. The lowest BCUT2D eigenvalue weighted by Crippen LogP contribution is -2.24. The first-order valence-electron chi connectivity index (χ1n) is 9.72. The first-order chi connectivity index (χ1) is 14.9. The minimum Gasteiger partial charge on any atom is -0.497 e.